The Balaban J connectivity index is 1.98. The van der Waals surface area contributed by atoms with Gasteiger partial charge in [-0.2, -0.15) is 8.78 Å². The van der Waals surface area contributed by atoms with Crippen LogP contribution in [0.15, 0.2) is 28.7 Å². The summed E-state index contributed by atoms with van der Waals surface area (Å²) >= 11 is 0. The molecule has 2 aromatic rings. The molecule has 1 heterocycles. The van der Waals surface area contributed by atoms with Gasteiger partial charge in [-0.05, 0) is 31.5 Å². The van der Waals surface area contributed by atoms with Crippen LogP contribution in [0.2, 0.25) is 0 Å². The number of ether oxygens (including phenoxy) is 1. The van der Waals surface area contributed by atoms with Gasteiger partial charge in [-0.3, -0.25) is 5.32 Å². The molecule has 0 fully saturated rings. The molecule has 1 aromatic heterocycles. The summed E-state index contributed by atoms with van der Waals surface area (Å²) in [4.78, 5) is 0. The molecule has 1 aromatic carbocycles. The standard InChI is InChI=1S/C14H17F2N3O2/c1-8(17-9(2)13-19-18-10(3)20-13)11-4-6-12(7-5-11)21-14(15)16/h4-9,14,17H,1-3H3. The fourth-order valence-electron chi connectivity index (χ4n) is 1.97. The SMILES string of the molecule is Cc1nnc(C(C)NC(C)c2ccc(OC(F)F)cc2)o1. The van der Waals surface area contributed by atoms with Crippen molar-refractivity contribution in [2.24, 2.45) is 0 Å². The van der Waals surface area contributed by atoms with Crippen molar-refractivity contribution in [1.29, 1.82) is 0 Å². The van der Waals surface area contributed by atoms with Crippen molar-refractivity contribution >= 4 is 0 Å². The third-order valence-corrected chi connectivity index (χ3v) is 3.02. The molecule has 2 rings (SSSR count). The first-order valence-corrected chi connectivity index (χ1v) is 6.56. The van der Waals surface area contributed by atoms with Crippen molar-refractivity contribution in [2.45, 2.75) is 39.5 Å². The quantitative estimate of drug-likeness (QED) is 0.885. The number of aromatic nitrogens is 2. The zero-order valence-electron chi connectivity index (χ0n) is 12.0. The van der Waals surface area contributed by atoms with Gasteiger partial charge in [-0.1, -0.05) is 12.1 Å². The normalized spacial score (nSPS) is 14.2. The van der Waals surface area contributed by atoms with Gasteiger partial charge in [0.1, 0.15) is 5.75 Å². The fraction of sp³-hybridized carbons (Fsp3) is 0.429. The molecule has 0 amide bonds. The van der Waals surface area contributed by atoms with Crippen molar-refractivity contribution < 1.29 is 17.9 Å². The summed E-state index contributed by atoms with van der Waals surface area (Å²) in [6.45, 7) is 2.79. The van der Waals surface area contributed by atoms with Crippen LogP contribution in [-0.2, 0) is 0 Å². The van der Waals surface area contributed by atoms with Crippen LogP contribution in [0.25, 0.3) is 0 Å². The predicted octanol–water partition coefficient (Wildman–Crippen LogP) is 3.39. The van der Waals surface area contributed by atoms with Crippen LogP contribution in [0.5, 0.6) is 5.75 Å². The minimum Gasteiger partial charge on any atom is -0.435 e. The molecule has 2 unspecified atom stereocenters. The van der Waals surface area contributed by atoms with E-state index in [0.717, 1.165) is 5.56 Å². The number of halogens is 2. The molecule has 0 spiro atoms. The Morgan fingerprint density at radius 3 is 2.29 bits per heavy atom. The van der Waals surface area contributed by atoms with Crippen LogP contribution in [0, 0.1) is 6.92 Å². The van der Waals surface area contributed by atoms with Gasteiger partial charge in [0.25, 0.3) is 0 Å². The highest BCUT2D eigenvalue weighted by Crippen LogP contribution is 2.21. The van der Waals surface area contributed by atoms with Crippen LogP contribution in [0.3, 0.4) is 0 Å². The maximum absolute atomic E-state index is 12.1. The third kappa shape index (κ3) is 4.22. The van der Waals surface area contributed by atoms with Crippen LogP contribution in [0.1, 0.15) is 43.3 Å². The molecule has 0 saturated heterocycles. The Bertz CT molecular complexity index is 572. The number of nitrogens with zero attached hydrogens (tertiary/aromatic N) is 2. The van der Waals surface area contributed by atoms with Gasteiger partial charge in [0.15, 0.2) is 0 Å². The smallest absolute Gasteiger partial charge is 0.387 e. The fourth-order valence-corrected chi connectivity index (χ4v) is 1.97. The minimum atomic E-state index is -2.81. The Hall–Kier alpha value is -2.02. The van der Waals surface area contributed by atoms with Gasteiger partial charge in [0.05, 0.1) is 6.04 Å². The predicted molar refractivity (Wildman–Crippen MR) is 72.1 cm³/mol. The van der Waals surface area contributed by atoms with E-state index in [1.165, 1.54) is 12.1 Å². The van der Waals surface area contributed by atoms with Crippen LogP contribution < -0.4 is 10.1 Å². The first-order chi connectivity index (χ1) is 9.95. The molecule has 0 saturated carbocycles. The molecule has 114 valence electrons. The van der Waals surface area contributed by atoms with Gasteiger partial charge in [0.2, 0.25) is 11.8 Å². The Labute approximate surface area is 121 Å². The first kappa shape index (κ1) is 15.4. The molecule has 21 heavy (non-hydrogen) atoms. The zero-order chi connectivity index (χ0) is 15.4. The first-order valence-electron chi connectivity index (χ1n) is 6.56. The van der Waals surface area contributed by atoms with Crippen molar-refractivity contribution in [1.82, 2.24) is 15.5 Å². The molecule has 2 atom stereocenters. The van der Waals surface area contributed by atoms with Crippen molar-refractivity contribution in [3.05, 3.63) is 41.6 Å². The summed E-state index contributed by atoms with van der Waals surface area (Å²) in [5.74, 6) is 1.17. The maximum Gasteiger partial charge on any atom is 0.387 e. The third-order valence-electron chi connectivity index (χ3n) is 3.02. The maximum atomic E-state index is 12.1. The van der Waals surface area contributed by atoms with E-state index >= 15 is 0 Å². The zero-order valence-corrected chi connectivity index (χ0v) is 12.0. The lowest BCUT2D eigenvalue weighted by molar-refractivity contribution is -0.0498. The number of alkyl halides is 2. The van der Waals surface area contributed by atoms with Gasteiger partial charge >= 0.3 is 6.61 Å². The van der Waals surface area contributed by atoms with E-state index in [1.54, 1.807) is 19.1 Å². The summed E-state index contributed by atoms with van der Waals surface area (Å²) in [5, 5.41) is 11.0. The molecular formula is C14H17F2N3O2. The van der Waals surface area contributed by atoms with Gasteiger partial charge in [-0.25, -0.2) is 0 Å². The summed E-state index contributed by atoms with van der Waals surface area (Å²) in [5.41, 5.74) is 0.944. The topological polar surface area (TPSA) is 60.2 Å². The number of aryl methyl sites for hydroxylation is 1. The second kappa shape index (κ2) is 6.62. The number of benzene rings is 1. The monoisotopic (exact) mass is 297 g/mol. The van der Waals surface area contributed by atoms with E-state index in [0.29, 0.717) is 11.8 Å². The van der Waals surface area contributed by atoms with Crippen molar-refractivity contribution in [2.75, 3.05) is 0 Å². The van der Waals surface area contributed by atoms with E-state index in [4.69, 9.17) is 4.42 Å². The second-order valence-corrected chi connectivity index (χ2v) is 4.72. The highest BCUT2D eigenvalue weighted by atomic mass is 19.3. The molecule has 0 aliphatic rings. The molecule has 5 nitrogen and oxygen atoms in total. The van der Waals surface area contributed by atoms with E-state index in [-0.39, 0.29) is 17.8 Å². The van der Waals surface area contributed by atoms with Crippen LogP contribution in [-0.4, -0.2) is 16.8 Å². The number of rotatable bonds is 6. The molecule has 0 radical (unpaired) electrons. The van der Waals surface area contributed by atoms with Crippen LogP contribution in [0.4, 0.5) is 8.78 Å². The molecule has 7 heteroatoms. The summed E-state index contributed by atoms with van der Waals surface area (Å²) in [6.07, 6.45) is 0. The summed E-state index contributed by atoms with van der Waals surface area (Å²) in [7, 11) is 0. The average Bonchev–Trinajstić information content (AvgIpc) is 2.85. The number of hydrogen-bond acceptors (Lipinski definition) is 5. The van der Waals surface area contributed by atoms with E-state index in [9.17, 15) is 8.78 Å². The van der Waals surface area contributed by atoms with Gasteiger partial charge in [-0.15, -0.1) is 10.2 Å². The molecule has 0 aliphatic carbocycles. The Morgan fingerprint density at radius 1 is 1.10 bits per heavy atom. The number of nitrogens with one attached hydrogen (secondary N) is 1. The minimum absolute atomic E-state index is 0.00666. The second-order valence-electron chi connectivity index (χ2n) is 4.72. The van der Waals surface area contributed by atoms with Crippen LogP contribution >= 0.6 is 0 Å². The summed E-state index contributed by atoms with van der Waals surface area (Å²) in [6, 6.07) is 6.39. The lowest BCUT2D eigenvalue weighted by atomic mass is 10.1. The van der Waals surface area contributed by atoms with Gasteiger partial charge < -0.3 is 9.15 Å². The van der Waals surface area contributed by atoms with E-state index in [1.807, 2.05) is 13.8 Å². The Morgan fingerprint density at radius 2 is 1.76 bits per heavy atom. The highest BCUT2D eigenvalue weighted by Gasteiger charge is 2.16. The van der Waals surface area contributed by atoms with Crippen molar-refractivity contribution in [3.8, 4) is 5.75 Å². The molecule has 1 N–H and O–H groups in total. The summed E-state index contributed by atoms with van der Waals surface area (Å²) < 4.78 is 33.8. The molecular weight excluding hydrogens is 280 g/mol. The van der Waals surface area contributed by atoms with E-state index in [2.05, 4.69) is 20.3 Å². The van der Waals surface area contributed by atoms with Crippen molar-refractivity contribution in [3.63, 3.8) is 0 Å². The average molecular weight is 297 g/mol. The molecule has 0 aliphatic heterocycles. The van der Waals surface area contributed by atoms with Gasteiger partial charge in [0, 0.05) is 13.0 Å². The largest absolute Gasteiger partial charge is 0.435 e. The number of hydrogen-bond donors (Lipinski definition) is 1. The van der Waals surface area contributed by atoms with E-state index < -0.39 is 6.61 Å². The Kier molecular flexibility index (Phi) is 4.85. The lowest BCUT2D eigenvalue weighted by Gasteiger charge is -2.18. The lowest BCUT2D eigenvalue weighted by Crippen LogP contribution is -2.22. The highest BCUT2D eigenvalue weighted by molar-refractivity contribution is 5.29. The molecule has 0 bridgehead atoms.